The number of hydrogen-bond donors (Lipinski definition) is 0. The van der Waals surface area contributed by atoms with Gasteiger partial charge in [0.15, 0.2) is 0 Å². The lowest BCUT2D eigenvalue weighted by molar-refractivity contribution is -0.0436. The van der Waals surface area contributed by atoms with Crippen molar-refractivity contribution in [3.63, 3.8) is 0 Å². The summed E-state index contributed by atoms with van der Waals surface area (Å²) in [6.07, 6.45) is 2.33. The van der Waals surface area contributed by atoms with Gasteiger partial charge in [0.25, 0.3) is 11.5 Å². The first-order valence-corrected chi connectivity index (χ1v) is 6.88. The summed E-state index contributed by atoms with van der Waals surface area (Å²) in [5.74, 6) is -3.52. The van der Waals surface area contributed by atoms with Crippen molar-refractivity contribution in [3.05, 3.63) is 39.8 Å². The van der Waals surface area contributed by atoms with E-state index in [9.17, 15) is 13.6 Å². The Morgan fingerprint density at radius 1 is 1.45 bits per heavy atom. The second-order valence-corrected chi connectivity index (χ2v) is 5.65. The lowest BCUT2D eigenvalue weighted by Crippen LogP contribution is -2.32. The minimum atomic E-state index is -2.70. The highest BCUT2D eigenvalue weighted by Crippen LogP contribution is 2.40. The monoisotopic (exact) mass is 298 g/mol. The third-order valence-electron chi connectivity index (χ3n) is 3.87. The summed E-state index contributed by atoms with van der Waals surface area (Å²) in [4.78, 5) is 12.3. The number of rotatable bonds is 2. The van der Waals surface area contributed by atoms with Gasteiger partial charge in [0.05, 0.1) is 18.1 Å². The molecule has 3 rings (SSSR count). The lowest BCUT2D eigenvalue weighted by atomic mass is 10.1. The van der Waals surface area contributed by atoms with E-state index < -0.39 is 11.8 Å². The molecule has 1 heterocycles. The molecule has 0 amide bonds. The molecule has 6 heteroatoms. The Morgan fingerprint density at radius 3 is 2.95 bits per heavy atom. The number of alkyl halides is 2. The summed E-state index contributed by atoms with van der Waals surface area (Å²) < 4.78 is 28.4. The topological polar surface area (TPSA) is 34.9 Å². The van der Waals surface area contributed by atoms with Crippen LogP contribution in [0, 0.1) is 5.92 Å². The van der Waals surface area contributed by atoms with E-state index in [1.54, 1.807) is 18.2 Å². The molecule has 2 aromatic rings. The van der Waals surface area contributed by atoms with Crippen LogP contribution in [0.3, 0.4) is 0 Å². The summed E-state index contributed by atoms with van der Waals surface area (Å²) in [5.41, 5.74) is -0.368. The van der Waals surface area contributed by atoms with Gasteiger partial charge in [-0.3, -0.25) is 4.79 Å². The van der Waals surface area contributed by atoms with Crippen LogP contribution in [0.1, 0.15) is 19.3 Å². The van der Waals surface area contributed by atoms with Gasteiger partial charge in [-0.1, -0.05) is 17.7 Å². The minimum Gasteiger partial charge on any atom is -0.267 e. The second kappa shape index (κ2) is 4.81. The molecule has 1 aromatic carbocycles. The highest BCUT2D eigenvalue weighted by atomic mass is 35.5. The fourth-order valence-corrected chi connectivity index (χ4v) is 2.88. The number of benzene rings is 1. The predicted molar refractivity (Wildman–Crippen MR) is 73.3 cm³/mol. The smallest absolute Gasteiger partial charge is 0.267 e. The Hall–Kier alpha value is -1.49. The Bertz CT molecular complexity index is 714. The molecule has 3 nitrogen and oxygen atoms in total. The molecule has 0 bridgehead atoms. The molecule has 1 aliphatic rings. The number of aromatic nitrogens is 2. The maximum atomic E-state index is 13.6. The van der Waals surface area contributed by atoms with Gasteiger partial charge in [0.2, 0.25) is 0 Å². The van der Waals surface area contributed by atoms with Gasteiger partial charge in [-0.25, -0.2) is 13.5 Å². The summed E-state index contributed by atoms with van der Waals surface area (Å²) in [5, 5.41) is 5.51. The zero-order valence-corrected chi connectivity index (χ0v) is 11.4. The summed E-state index contributed by atoms with van der Waals surface area (Å²) >= 11 is 5.87. The van der Waals surface area contributed by atoms with Gasteiger partial charge in [-0.2, -0.15) is 5.10 Å². The Balaban J connectivity index is 2.00. The first-order chi connectivity index (χ1) is 9.47. The molecule has 1 aromatic heterocycles. The Labute approximate surface area is 119 Å². The molecule has 0 spiro atoms. The van der Waals surface area contributed by atoms with Crippen molar-refractivity contribution in [2.24, 2.45) is 5.92 Å². The molecular formula is C14H13ClF2N2O. The average molecular weight is 299 g/mol. The molecule has 0 N–H and O–H groups in total. The van der Waals surface area contributed by atoms with E-state index in [4.69, 9.17) is 11.6 Å². The van der Waals surface area contributed by atoms with Crippen LogP contribution in [0.15, 0.2) is 29.2 Å². The van der Waals surface area contributed by atoms with Crippen molar-refractivity contribution in [1.29, 1.82) is 0 Å². The van der Waals surface area contributed by atoms with Crippen molar-refractivity contribution in [2.75, 3.05) is 0 Å². The zero-order chi connectivity index (χ0) is 14.3. The van der Waals surface area contributed by atoms with Crippen LogP contribution >= 0.6 is 11.6 Å². The van der Waals surface area contributed by atoms with Gasteiger partial charge in [0, 0.05) is 22.7 Å². The standard InChI is InChI=1S/C14H13ClF2N2O/c15-11-4-3-9-7-18-19(13(20)12(9)6-11)8-10-2-1-5-14(10,16)17/h3-4,6-7,10H,1-2,5,8H2. The normalized spacial score (nSPS) is 21.4. The van der Waals surface area contributed by atoms with E-state index in [1.807, 2.05) is 0 Å². The number of fused-ring (bicyclic) bond motifs is 1. The van der Waals surface area contributed by atoms with Gasteiger partial charge >= 0.3 is 0 Å². The molecular weight excluding hydrogens is 286 g/mol. The fraction of sp³-hybridized carbons (Fsp3) is 0.429. The lowest BCUT2D eigenvalue weighted by Gasteiger charge is -2.19. The SMILES string of the molecule is O=c1c2cc(Cl)ccc2cnn1CC1CCCC1(F)F. The molecule has 1 unspecified atom stereocenters. The van der Waals surface area contributed by atoms with E-state index in [2.05, 4.69) is 5.10 Å². The van der Waals surface area contributed by atoms with Crippen LogP contribution in [0.5, 0.6) is 0 Å². The van der Waals surface area contributed by atoms with Crippen LogP contribution < -0.4 is 5.56 Å². The van der Waals surface area contributed by atoms with Crippen LogP contribution in [-0.2, 0) is 6.54 Å². The van der Waals surface area contributed by atoms with Crippen molar-refractivity contribution in [2.45, 2.75) is 31.7 Å². The van der Waals surface area contributed by atoms with Crippen LogP contribution in [0.2, 0.25) is 5.02 Å². The van der Waals surface area contributed by atoms with E-state index in [0.29, 0.717) is 28.6 Å². The zero-order valence-electron chi connectivity index (χ0n) is 10.7. The van der Waals surface area contributed by atoms with Crippen molar-refractivity contribution in [3.8, 4) is 0 Å². The molecule has 1 saturated carbocycles. The van der Waals surface area contributed by atoms with E-state index in [1.165, 1.54) is 6.20 Å². The molecule has 20 heavy (non-hydrogen) atoms. The van der Waals surface area contributed by atoms with Gasteiger partial charge < -0.3 is 0 Å². The molecule has 106 valence electrons. The molecule has 1 fully saturated rings. The quantitative estimate of drug-likeness (QED) is 0.851. The number of halogens is 3. The highest BCUT2D eigenvalue weighted by molar-refractivity contribution is 6.31. The molecule has 0 aliphatic heterocycles. The third kappa shape index (κ3) is 2.30. The van der Waals surface area contributed by atoms with Crippen molar-refractivity contribution in [1.82, 2.24) is 9.78 Å². The molecule has 0 saturated heterocycles. The molecule has 1 atom stereocenters. The molecule has 0 radical (unpaired) electrons. The Kier molecular flexibility index (Phi) is 3.24. The number of hydrogen-bond acceptors (Lipinski definition) is 2. The maximum Gasteiger partial charge on any atom is 0.274 e. The van der Waals surface area contributed by atoms with Crippen molar-refractivity contribution >= 4 is 22.4 Å². The average Bonchev–Trinajstić information content (AvgIpc) is 2.73. The number of nitrogens with zero attached hydrogens (tertiary/aromatic N) is 2. The van der Waals surface area contributed by atoms with E-state index in [-0.39, 0.29) is 18.5 Å². The summed E-state index contributed by atoms with van der Waals surface area (Å²) in [7, 11) is 0. The Morgan fingerprint density at radius 2 is 2.25 bits per heavy atom. The van der Waals surface area contributed by atoms with E-state index in [0.717, 1.165) is 4.68 Å². The van der Waals surface area contributed by atoms with E-state index >= 15 is 0 Å². The fourth-order valence-electron chi connectivity index (χ4n) is 2.71. The maximum absolute atomic E-state index is 13.6. The molecule has 1 aliphatic carbocycles. The summed E-state index contributed by atoms with van der Waals surface area (Å²) in [6.45, 7) is -0.0473. The van der Waals surface area contributed by atoms with Gasteiger partial charge in [0.1, 0.15) is 0 Å². The van der Waals surface area contributed by atoms with Gasteiger partial charge in [-0.15, -0.1) is 0 Å². The predicted octanol–water partition coefficient (Wildman–Crippen LogP) is 3.49. The van der Waals surface area contributed by atoms with Crippen LogP contribution in [0.4, 0.5) is 8.78 Å². The highest BCUT2D eigenvalue weighted by Gasteiger charge is 2.44. The largest absolute Gasteiger partial charge is 0.274 e. The summed E-state index contributed by atoms with van der Waals surface area (Å²) in [6, 6.07) is 4.91. The van der Waals surface area contributed by atoms with Crippen LogP contribution in [-0.4, -0.2) is 15.7 Å². The first-order valence-electron chi connectivity index (χ1n) is 6.50. The van der Waals surface area contributed by atoms with Crippen LogP contribution in [0.25, 0.3) is 10.8 Å². The third-order valence-corrected chi connectivity index (χ3v) is 4.10. The minimum absolute atomic E-state index is 0.0473. The van der Waals surface area contributed by atoms with Crippen molar-refractivity contribution < 1.29 is 8.78 Å². The van der Waals surface area contributed by atoms with Gasteiger partial charge in [-0.05, 0) is 25.0 Å². The first kappa shape index (κ1) is 13.5. The second-order valence-electron chi connectivity index (χ2n) is 5.21.